The molecule has 1 aromatic carbocycles. The number of likely N-dealkylation sites (N-methyl/N-ethyl adjacent to an activating group) is 1. The minimum absolute atomic E-state index is 0.157. The summed E-state index contributed by atoms with van der Waals surface area (Å²) in [5.41, 5.74) is 1.71. The average molecular weight is 341 g/mol. The normalized spacial score (nSPS) is 15.2. The molecule has 1 aliphatic rings. The highest BCUT2D eigenvalue weighted by Crippen LogP contribution is 2.17. The van der Waals surface area contributed by atoms with Gasteiger partial charge in [-0.3, -0.25) is 4.79 Å². The number of amides is 1. The first-order valence-electron chi connectivity index (χ1n) is 8.48. The summed E-state index contributed by atoms with van der Waals surface area (Å²) < 4.78 is 0. The molecule has 2 aromatic rings. The van der Waals surface area contributed by atoms with Crippen molar-refractivity contribution in [1.82, 2.24) is 14.9 Å². The molecule has 0 radical (unpaired) electrons. The number of nitrogens with one attached hydrogen (secondary N) is 1. The minimum Gasteiger partial charge on any atom is -0.508 e. The Morgan fingerprint density at radius 3 is 2.48 bits per heavy atom. The predicted molar refractivity (Wildman–Crippen MR) is 97.2 cm³/mol. The summed E-state index contributed by atoms with van der Waals surface area (Å²) >= 11 is 0. The number of benzene rings is 1. The van der Waals surface area contributed by atoms with Crippen molar-refractivity contribution in [2.75, 3.05) is 42.9 Å². The van der Waals surface area contributed by atoms with E-state index in [-0.39, 0.29) is 11.7 Å². The molecular weight excluding hydrogens is 318 g/mol. The molecule has 1 amide bonds. The van der Waals surface area contributed by atoms with Crippen molar-refractivity contribution in [2.45, 2.75) is 13.8 Å². The maximum atomic E-state index is 12.4. The maximum absolute atomic E-state index is 12.4. The van der Waals surface area contributed by atoms with E-state index in [9.17, 15) is 9.90 Å². The molecule has 25 heavy (non-hydrogen) atoms. The highest BCUT2D eigenvalue weighted by Gasteiger charge is 2.19. The summed E-state index contributed by atoms with van der Waals surface area (Å²) in [5, 5.41) is 12.1. The van der Waals surface area contributed by atoms with Crippen molar-refractivity contribution in [2.24, 2.45) is 0 Å². The van der Waals surface area contributed by atoms with E-state index in [0.717, 1.165) is 32.7 Å². The fraction of sp³-hybridized carbons (Fsp3) is 0.389. The molecule has 0 unspecified atom stereocenters. The van der Waals surface area contributed by atoms with Crippen LogP contribution in [-0.2, 0) is 0 Å². The third-order valence-electron chi connectivity index (χ3n) is 4.44. The zero-order valence-electron chi connectivity index (χ0n) is 14.6. The molecule has 132 valence electrons. The lowest BCUT2D eigenvalue weighted by Crippen LogP contribution is -2.46. The highest BCUT2D eigenvalue weighted by molar-refractivity contribution is 6.04. The third-order valence-corrected chi connectivity index (χ3v) is 4.44. The van der Waals surface area contributed by atoms with Gasteiger partial charge < -0.3 is 20.2 Å². The number of aryl methyl sites for hydroxylation is 1. The number of aromatic nitrogens is 2. The largest absolute Gasteiger partial charge is 0.508 e. The van der Waals surface area contributed by atoms with E-state index in [1.807, 2.05) is 6.92 Å². The molecule has 2 N–H and O–H groups in total. The van der Waals surface area contributed by atoms with Crippen molar-refractivity contribution in [3.8, 4) is 5.75 Å². The lowest BCUT2D eigenvalue weighted by molar-refractivity contribution is 0.102. The van der Waals surface area contributed by atoms with Crippen LogP contribution in [0.15, 0.2) is 30.5 Å². The molecular formula is C18H23N5O2. The Morgan fingerprint density at radius 1 is 1.20 bits per heavy atom. The van der Waals surface area contributed by atoms with Crippen LogP contribution in [0.5, 0.6) is 5.75 Å². The summed E-state index contributed by atoms with van der Waals surface area (Å²) in [6.07, 6.45) is 1.58. The standard InChI is InChI=1S/C18H23N5O2/c1-3-22-8-10-23(11-9-22)18-19-12-16(13(2)20-18)17(25)21-14-4-6-15(24)7-5-14/h4-7,12,24H,3,8-11H2,1-2H3,(H,21,25). The summed E-state index contributed by atoms with van der Waals surface area (Å²) in [6, 6.07) is 6.34. The van der Waals surface area contributed by atoms with Crippen molar-refractivity contribution in [3.05, 3.63) is 41.7 Å². The molecule has 1 aliphatic heterocycles. The van der Waals surface area contributed by atoms with Crippen LogP contribution in [0.3, 0.4) is 0 Å². The van der Waals surface area contributed by atoms with Crippen LogP contribution in [0.2, 0.25) is 0 Å². The third kappa shape index (κ3) is 4.06. The number of anilines is 2. The van der Waals surface area contributed by atoms with E-state index in [1.54, 1.807) is 18.3 Å². The summed E-state index contributed by atoms with van der Waals surface area (Å²) in [6.45, 7) is 8.84. The van der Waals surface area contributed by atoms with Gasteiger partial charge in [-0.1, -0.05) is 6.92 Å². The Morgan fingerprint density at radius 2 is 1.88 bits per heavy atom. The molecule has 3 rings (SSSR count). The fourth-order valence-corrected chi connectivity index (χ4v) is 2.84. The van der Waals surface area contributed by atoms with Gasteiger partial charge in [0.15, 0.2) is 0 Å². The van der Waals surface area contributed by atoms with Crippen LogP contribution in [0, 0.1) is 6.92 Å². The van der Waals surface area contributed by atoms with Crippen molar-refractivity contribution < 1.29 is 9.90 Å². The second-order valence-corrected chi connectivity index (χ2v) is 6.09. The number of rotatable bonds is 4. The molecule has 0 bridgehead atoms. The number of carbonyl (C=O) groups excluding carboxylic acids is 1. The molecule has 0 saturated carbocycles. The van der Waals surface area contributed by atoms with Crippen LogP contribution in [0.1, 0.15) is 23.0 Å². The fourth-order valence-electron chi connectivity index (χ4n) is 2.84. The number of carbonyl (C=O) groups is 1. The lowest BCUT2D eigenvalue weighted by atomic mass is 10.2. The first-order chi connectivity index (χ1) is 12.1. The summed E-state index contributed by atoms with van der Waals surface area (Å²) in [5.74, 6) is 0.574. The number of phenolic OH excluding ortho intramolecular Hbond substituents is 1. The number of phenols is 1. The topological polar surface area (TPSA) is 81.6 Å². The summed E-state index contributed by atoms with van der Waals surface area (Å²) in [4.78, 5) is 25.9. The molecule has 2 heterocycles. The van der Waals surface area contributed by atoms with Crippen LogP contribution < -0.4 is 10.2 Å². The number of hydrogen-bond acceptors (Lipinski definition) is 6. The average Bonchev–Trinajstić information content (AvgIpc) is 2.63. The molecule has 7 nitrogen and oxygen atoms in total. The molecule has 1 fully saturated rings. The summed E-state index contributed by atoms with van der Waals surface area (Å²) in [7, 11) is 0. The molecule has 7 heteroatoms. The van der Waals surface area contributed by atoms with E-state index in [4.69, 9.17) is 0 Å². The maximum Gasteiger partial charge on any atom is 0.259 e. The van der Waals surface area contributed by atoms with Gasteiger partial charge in [-0.05, 0) is 37.7 Å². The van der Waals surface area contributed by atoms with E-state index in [0.29, 0.717) is 22.9 Å². The Hall–Kier alpha value is -2.67. The van der Waals surface area contributed by atoms with Crippen molar-refractivity contribution in [3.63, 3.8) is 0 Å². The van der Waals surface area contributed by atoms with Gasteiger partial charge in [-0.2, -0.15) is 0 Å². The van der Waals surface area contributed by atoms with Crippen LogP contribution in [0.25, 0.3) is 0 Å². The quantitative estimate of drug-likeness (QED) is 0.827. The van der Waals surface area contributed by atoms with E-state index < -0.39 is 0 Å². The van der Waals surface area contributed by atoms with Gasteiger partial charge in [-0.15, -0.1) is 0 Å². The van der Waals surface area contributed by atoms with Gasteiger partial charge in [-0.25, -0.2) is 9.97 Å². The SMILES string of the molecule is CCN1CCN(c2ncc(C(=O)Nc3ccc(O)cc3)c(C)n2)CC1. The molecule has 1 aromatic heterocycles. The van der Waals surface area contributed by atoms with Crippen molar-refractivity contribution in [1.29, 1.82) is 0 Å². The Labute approximate surface area is 147 Å². The van der Waals surface area contributed by atoms with Crippen LogP contribution in [0.4, 0.5) is 11.6 Å². The van der Waals surface area contributed by atoms with Gasteiger partial charge in [0.25, 0.3) is 5.91 Å². The second-order valence-electron chi connectivity index (χ2n) is 6.09. The zero-order chi connectivity index (χ0) is 17.8. The van der Waals surface area contributed by atoms with Crippen molar-refractivity contribution >= 4 is 17.5 Å². The lowest BCUT2D eigenvalue weighted by Gasteiger charge is -2.34. The van der Waals surface area contributed by atoms with E-state index in [1.165, 1.54) is 12.1 Å². The van der Waals surface area contributed by atoms with Crippen LogP contribution >= 0.6 is 0 Å². The Bertz CT molecular complexity index is 740. The minimum atomic E-state index is -0.259. The molecule has 0 spiro atoms. The van der Waals surface area contributed by atoms with Gasteiger partial charge in [0.1, 0.15) is 5.75 Å². The Kier molecular flexibility index (Phi) is 5.14. The predicted octanol–water partition coefficient (Wildman–Crippen LogP) is 1.88. The number of aromatic hydroxyl groups is 1. The van der Waals surface area contributed by atoms with Gasteiger partial charge in [0, 0.05) is 38.1 Å². The molecule has 0 atom stereocenters. The number of nitrogens with zero attached hydrogens (tertiary/aromatic N) is 4. The Balaban J connectivity index is 1.69. The van der Waals surface area contributed by atoms with Crippen LogP contribution in [-0.4, -0.2) is 58.6 Å². The van der Waals surface area contributed by atoms with Gasteiger partial charge in [0.2, 0.25) is 5.95 Å². The molecule has 0 aliphatic carbocycles. The molecule has 1 saturated heterocycles. The van der Waals surface area contributed by atoms with E-state index >= 15 is 0 Å². The number of piperazine rings is 1. The second kappa shape index (κ2) is 7.48. The van der Waals surface area contributed by atoms with Gasteiger partial charge >= 0.3 is 0 Å². The first-order valence-corrected chi connectivity index (χ1v) is 8.48. The monoisotopic (exact) mass is 341 g/mol. The van der Waals surface area contributed by atoms with Gasteiger partial charge in [0.05, 0.1) is 11.3 Å². The first kappa shape index (κ1) is 17.2. The number of hydrogen-bond donors (Lipinski definition) is 2. The zero-order valence-corrected chi connectivity index (χ0v) is 14.6. The highest BCUT2D eigenvalue weighted by atomic mass is 16.3. The smallest absolute Gasteiger partial charge is 0.259 e. The van der Waals surface area contributed by atoms with E-state index in [2.05, 4.69) is 32.0 Å².